The SMILES string of the molecule is O=C(O)CN[C@@H](CC(=O)O)C(=O)O.[Co]. The third-order valence-corrected chi connectivity index (χ3v) is 1.18. The van der Waals surface area contributed by atoms with E-state index in [0.717, 1.165) is 0 Å². The second-order valence-electron chi connectivity index (χ2n) is 2.26. The largest absolute Gasteiger partial charge is 0.481 e. The van der Waals surface area contributed by atoms with Gasteiger partial charge >= 0.3 is 17.9 Å². The number of hydrogen-bond acceptors (Lipinski definition) is 4. The number of carboxylic acids is 3. The average molecular weight is 250 g/mol. The van der Waals surface area contributed by atoms with E-state index < -0.39 is 36.9 Å². The van der Waals surface area contributed by atoms with Crippen molar-refractivity contribution in [2.45, 2.75) is 12.5 Å². The van der Waals surface area contributed by atoms with Crippen molar-refractivity contribution in [3.63, 3.8) is 0 Å². The van der Waals surface area contributed by atoms with Crippen LogP contribution in [0.4, 0.5) is 0 Å². The Morgan fingerprint density at radius 1 is 1.07 bits per heavy atom. The molecule has 0 saturated carbocycles. The van der Waals surface area contributed by atoms with Gasteiger partial charge in [0.1, 0.15) is 6.04 Å². The number of carbonyl (C=O) groups is 3. The molecule has 4 N–H and O–H groups in total. The zero-order valence-corrected chi connectivity index (χ0v) is 7.93. The predicted molar refractivity (Wildman–Crippen MR) is 39.3 cm³/mol. The van der Waals surface area contributed by atoms with E-state index >= 15 is 0 Å². The molecule has 0 aromatic heterocycles. The first-order valence-electron chi connectivity index (χ1n) is 3.33. The standard InChI is InChI=1S/C6H9NO6.Co/c8-4(9)1-3(6(12)13)7-2-5(10)11;/h3,7H,1-2H2,(H,8,9)(H,10,11)(H,12,13);/t3-;/m0./s1. The van der Waals surface area contributed by atoms with Crippen LogP contribution in [0.5, 0.6) is 0 Å². The van der Waals surface area contributed by atoms with Crippen molar-refractivity contribution in [2.75, 3.05) is 6.54 Å². The molecule has 0 unspecified atom stereocenters. The summed E-state index contributed by atoms with van der Waals surface area (Å²) in [7, 11) is 0. The molecule has 83 valence electrons. The molecule has 0 heterocycles. The van der Waals surface area contributed by atoms with Crippen molar-refractivity contribution in [1.29, 1.82) is 0 Å². The average Bonchev–Trinajstić information content (AvgIpc) is 1.96. The van der Waals surface area contributed by atoms with Crippen molar-refractivity contribution < 1.29 is 46.5 Å². The summed E-state index contributed by atoms with van der Waals surface area (Å²) in [6, 6.07) is -1.37. The van der Waals surface area contributed by atoms with Crippen molar-refractivity contribution in [1.82, 2.24) is 5.32 Å². The Morgan fingerprint density at radius 3 is 1.86 bits per heavy atom. The van der Waals surface area contributed by atoms with Crippen LogP contribution in [0.15, 0.2) is 0 Å². The van der Waals surface area contributed by atoms with Crippen LogP contribution in [-0.4, -0.2) is 45.8 Å². The summed E-state index contributed by atoms with van der Waals surface area (Å²) >= 11 is 0. The molecule has 0 fully saturated rings. The van der Waals surface area contributed by atoms with E-state index in [0.29, 0.717) is 0 Å². The summed E-state index contributed by atoms with van der Waals surface area (Å²) in [6.45, 7) is -0.579. The molecule has 0 aromatic carbocycles. The van der Waals surface area contributed by atoms with E-state index in [9.17, 15) is 14.4 Å². The zero-order chi connectivity index (χ0) is 10.4. The topological polar surface area (TPSA) is 124 Å². The maximum absolute atomic E-state index is 10.3. The van der Waals surface area contributed by atoms with E-state index in [1.165, 1.54) is 0 Å². The van der Waals surface area contributed by atoms with E-state index in [2.05, 4.69) is 5.32 Å². The molecule has 0 aliphatic rings. The van der Waals surface area contributed by atoms with Gasteiger partial charge in [0.25, 0.3) is 0 Å². The zero-order valence-electron chi connectivity index (χ0n) is 6.89. The number of rotatable bonds is 6. The third kappa shape index (κ3) is 7.52. The predicted octanol–water partition coefficient (Wildman–Crippen LogP) is -1.41. The third-order valence-electron chi connectivity index (χ3n) is 1.18. The Bertz CT molecular complexity index is 230. The van der Waals surface area contributed by atoms with Gasteiger partial charge in [-0.05, 0) is 0 Å². The Hall–Kier alpha value is -1.12. The van der Waals surface area contributed by atoms with E-state index in [1.807, 2.05) is 0 Å². The minimum atomic E-state index is -1.39. The monoisotopic (exact) mass is 250 g/mol. The second kappa shape index (κ2) is 7.30. The molecule has 1 atom stereocenters. The Kier molecular flexibility index (Phi) is 8.00. The smallest absolute Gasteiger partial charge is 0.321 e. The molecule has 0 amide bonds. The second-order valence-corrected chi connectivity index (χ2v) is 2.26. The fourth-order valence-electron chi connectivity index (χ4n) is 0.632. The van der Waals surface area contributed by atoms with Crippen LogP contribution in [0.25, 0.3) is 0 Å². The van der Waals surface area contributed by atoms with Gasteiger partial charge in [0.15, 0.2) is 0 Å². The normalized spacial score (nSPS) is 11.1. The Morgan fingerprint density at radius 2 is 1.57 bits per heavy atom. The van der Waals surface area contributed by atoms with Crippen LogP contribution < -0.4 is 5.32 Å². The molecular weight excluding hydrogens is 241 g/mol. The molecule has 8 heteroatoms. The first-order valence-corrected chi connectivity index (χ1v) is 3.33. The van der Waals surface area contributed by atoms with Crippen molar-refractivity contribution in [3.8, 4) is 0 Å². The van der Waals surface area contributed by atoms with Gasteiger partial charge in [0.05, 0.1) is 13.0 Å². The molecule has 0 aromatic rings. The Labute approximate surface area is 89.3 Å². The fourth-order valence-corrected chi connectivity index (χ4v) is 0.632. The van der Waals surface area contributed by atoms with Gasteiger partial charge in [0.2, 0.25) is 0 Å². The molecule has 0 aliphatic carbocycles. The summed E-state index contributed by atoms with van der Waals surface area (Å²) in [6.07, 6.45) is -0.650. The maximum Gasteiger partial charge on any atom is 0.321 e. The van der Waals surface area contributed by atoms with E-state index in [4.69, 9.17) is 15.3 Å². The number of nitrogens with one attached hydrogen (secondary N) is 1. The Balaban J connectivity index is 0. The van der Waals surface area contributed by atoms with Crippen molar-refractivity contribution >= 4 is 17.9 Å². The van der Waals surface area contributed by atoms with Gasteiger partial charge in [-0.3, -0.25) is 19.7 Å². The van der Waals surface area contributed by atoms with Gasteiger partial charge in [-0.1, -0.05) is 0 Å². The fraction of sp³-hybridized carbons (Fsp3) is 0.500. The molecule has 0 saturated heterocycles. The van der Waals surface area contributed by atoms with Gasteiger partial charge in [-0.2, -0.15) is 0 Å². The molecule has 0 rings (SSSR count). The van der Waals surface area contributed by atoms with Crippen molar-refractivity contribution in [2.24, 2.45) is 0 Å². The summed E-state index contributed by atoms with van der Waals surface area (Å²) in [5.41, 5.74) is 0. The number of carboxylic acid groups (broad SMARTS) is 3. The van der Waals surface area contributed by atoms with Gasteiger partial charge in [-0.15, -0.1) is 0 Å². The summed E-state index contributed by atoms with van der Waals surface area (Å²) in [4.78, 5) is 30.4. The van der Waals surface area contributed by atoms with Crippen LogP contribution in [0.1, 0.15) is 6.42 Å². The van der Waals surface area contributed by atoms with E-state index in [-0.39, 0.29) is 16.8 Å². The quantitative estimate of drug-likeness (QED) is 0.456. The van der Waals surface area contributed by atoms with E-state index in [1.54, 1.807) is 0 Å². The van der Waals surface area contributed by atoms with Gasteiger partial charge < -0.3 is 15.3 Å². The maximum atomic E-state index is 10.3. The van der Waals surface area contributed by atoms with Gasteiger partial charge in [-0.25, -0.2) is 0 Å². The minimum absolute atomic E-state index is 0. The van der Waals surface area contributed by atoms with Crippen molar-refractivity contribution in [3.05, 3.63) is 0 Å². The molecule has 0 spiro atoms. The van der Waals surface area contributed by atoms with Crippen LogP contribution in [0.3, 0.4) is 0 Å². The molecule has 0 bridgehead atoms. The van der Waals surface area contributed by atoms with Gasteiger partial charge in [0, 0.05) is 16.8 Å². The number of hydrogen-bond donors (Lipinski definition) is 4. The number of aliphatic carboxylic acids is 3. The summed E-state index contributed by atoms with van der Waals surface area (Å²) in [5.74, 6) is -3.93. The van der Waals surface area contributed by atoms with Crippen LogP contribution in [0, 0.1) is 0 Å². The molecular formula is C6H9CoNO6. The molecule has 0 aliphatic heterocycles. The molecule has 7 nitrogen and oxygen atoms in total. The first kappa shape index (κ1) is 15.4. The van der Waals surface area contributed by atoms with Crippen LogP contribution in [-0.2, 0) is 31.2 Å². The van der Waals surface area contributed by atoms with Crippen LogP contribution >= 0.6 is 0 Å². The molecule has 1 radical (unpaired) electrons. The minimum Gasteiger partial charge on any atom is -0.481 e. The summed E-state index contributed by atoms with van der Waals surface area (Å²) < 4.78 is 0. The molecule has 14 heavy (non-hydrogen) atoms. The first-order chi connectivity index (χ1) is 5.93. The van der Waals surface area contributed by atoms with Crippen LogP contribution in [0.2, 0.25) is 0 Å². The summed E-state index contributed by atoms with van der Waals surface area (Å²) in [5, 5.41) is 26.9.